The zero-order valence-electron chi connectivity index (χ0n) is 23.7. The van der Waals surface area contributed by atoms with E-state index in [0.717, 1.165) is 26.3 Å². The molecule has 224 valence electrons. The van der Waals surface area contributed by atoms with Crippen molar-refractivity contribution < 1.29 is 18.0 Å². The number of halogens is 2. The molecule has 0 saturated heterocycles. The van der Waals surface area contributed by atoms with Crippen LogP contribution < -0.4 is 9.62 Å². The van der Waals surface area contributed by atoms with Gasteiger partial charge < -0.3 is 10.2 Å². The number of benzene rings is 4. The highest BCUT2D eigenvalue weighted by atomic mass is 79.9. The minimum absolute atomic E-state index is 0.00591. The molecule has 0 fully saturated rings. The average molecular weight is 683 g/mol. The third-order valence-corrected chi connectivity index (χ3v) is 9.32. The van der Waals surface area contributed by atoms with Crippen LogP contribution in [0.4, 0.5) is 5.69 Å². The fourth-order valence-corrected chi connectivity index (χ4v) is 6.60. The molecule has 0 aromatic heterocycles. The lowest BCUT2D eigenvalue weighted by atomic mass is 10.0. The van der Waals surface area contributed by atoms with E-state index in [2.05, 4.69) is 21.2 Å². The molecule has 0 aliphatic heterocycles. The van der Waals surface area contributed by atoms with E-state index in [1.165, 1.54) is 29.2 Å². The van der Waals surface area contributed by atoms with Gasteiger partial charge in [0, 0.05) is 29.0 Å². The van der Waals surface area contributed by atoms with E-state index in [9.17, 15) is 18.0 Å². The number of para-hydroxylation sites is 1. The first kappa shape index (κ1) is 32.3. The molecule has 0 saturated carbocycles. The molecule has 0 radical (unpaired) electrons. The summed E-state index contributed by atoms with van der Waals surface area (Å²) in [5, 5.41) is 3.34. The summed E-state index contributed by atoms with van der Waals surface area (Å²) < 4.78 is 29.8. The molecule has 1 N–H and O–H groups in total. The first-order valence-corrected chi connectivity index (χ1v) is 16.5. The molecule has 0 aliphatic rings. The van der Waals surface area contributed by atoms with Crippen molar-refractivity contribution in [2.75, 3.05) is 17.4 Å². The number of nitrogens with one attached hydrogen (secondary N) is 1. The van der Waals surface area contributed by atoms with Crippen molar-refractivity contribution in [1.82, 2.24) is 10.2 Å². The minimum atomic E-state index is -4.18. The third kappa shape index (κ3) is 8.69. The summed E-state index contributed by atoms with van der Waals surface area (Å²) in [4.78, 5) is 29.5. The molecule has 2 amide bonds. The Balaban J connectivity index is 1.78. The van der Waals surface area contributed by atoms with Crippen LogP contribution in [0.5, 0.6) is 0 Å². The van der Waals surface area contributed by atoms with E-state index in [-0.39, 0.29) is 23.8 Å². The van der Waals surface area contributed by atoms with Gasteiger partial charge in [0.05, 0.1) is 10.6 Å². The second-order valence-electron chi connectivity index (χ2n) is 9.95. The molecule has 4 aromatic rings. The Morgan fingerprint density at radius 2 is 1.49 bits per heavy atom. The number of hydrogen-bond acceptors (Lipinski definition) is 4. The first-order chi connectivity index (χ1) is 20.7. The summed E-state index contributed by atoms with van der Waals surface area (Å²) in [5.41, 5.74) is 1.99. The third-order valence-electron chi connectivity index (χ3n) is 6.79. The molecule has 10 heteroatoms. The van der Waals surface area contributed by atoms with Crippen LogP contribution in [0.3, 0.4) is 0 Å². The van der Waals surface area contributed by atoms with E-state index >= 15 is 0 Å². The van der Waals surface area contributed by atoms with E-state index in [0.29, 0.717) is 17.3 Å². The van der Waals surface area contributed by atoms with Gasteiger partial charge in [-0.15, -0.1) is 0 Å². The highest BCUT2D eigenvalue weighted by Gasteiger charge is 2.34. The van der Waals surface area contributed by atoms with E-state index in [1.807, 2.05) is 61.5 Å². The Kier molecular flexibility index (Phi) is 11.4. The maximum absolute atomic E-state index is 14.4. The van der Waals surface area contributed by atoms with Crippen molar-refractivity contribution in [1.29, 1.82) is 0 Å². The fraction of sp³-hybridized carbons (Fsp3) is 0.212. The lowest BCUT2D eigenvalue weighted by molar-refractivity contribution is -0.140. The van der Waals surface area contributed by atoms with Crippen LogP contribution in [-0.2, 0) is 32.6 Å². The van der Waals surface area contributed by atoms with Crippen LogP contribution in [0.25, 0.3) is 0 Å². The van der Waals surface area contributed by atoms with Crippen molar-refractivity contribution in [3.05, 3.63) is 130 Å². The molecular formula is C33H33BrClN3O4S. The summed E-state index contributed by atoms with van der Waals surface area (Å²) in [5.74, 6) is -0.824. The van der Waals surface area contributed by atoms with Gasteiger partial charge in [-0.3, -0.25) is 13.9 Å². The van der Waals surface area contributed by atoms with E-state index in [1.54, 1.807) is 30.3 Å². The van der Waals surface area contributed by atoms with Gasteiger partial charge in [-0.25, -0.2) is 8.42 Å². The lowest BCUT2D eigenvalue weighted by Crippen LogP contribution is -2.53. The summed E-state index contributed by atoms with van der Waals surface area (Å²) in [6.45, 7) is 1.98. The van der Waals surface area contributed by atoms with Gasteiger partial charge in [0.1, 0.15) is 12.6 Å². The summed E-state index contributed by atoms with van der Waals surface area (Å²) in [6.07, 6.45) is 0.982. The van der Waals surface area contributed by atoms with Gasteiger partial charge in [-0.2, -0.15) is 0 Å². The molecule has 0 aliphatic carbocycles. The molecule has 4 aromatic carbocycles. The highest BCUT2D eigenvalue weighted by molar-refractivity contribution is 9.10. The number of hydrogen-bond donors (Lipinski definition) is 1. The molecule has 43 heavy (non-hydrogen) atoms. The SMILES string of the molecule is CCCNC(=O)[C@@H](Cc1ccccc1)N(Cc1cccc(Br)c1)C(=O)CN(c1ccccc1)S(=O)(=O)c1ccc(Cl)cc1. The van der Waals surface area contributed by atoms with Gasteiger partial charge in [0.15, 0.2) is 0 Å². The maximum atomic E-state index is 14.4. The zero-order chi connectivity index (χ0) is 30.8. The van der Waals surface area contributed by atoms with Gasteiger partial charge in [-0.1, -0.05) is 95.1 Å². The van der Waals surface area contributed by atoms with Crippen LogP contribution in [0.2, 0.25) is 5.02 Å². The number of carbonyl (C=O) groups excluding carboxylic acids is 2. The summed E-state index contributed by atoms with van der Waals surface area (Å²) >= 11 is 9.52. The van der Waals surface area contributed by atoms with Crippen molar-refractivity contribution >= 4 is 55.1 Å². The second kappa shape index (κ2) is 15.2. The van der Waals surface area contributed by atoms with E-state index in [4.69, 9.17) is 11.6 Å². The first-order valence-electron chi connectivity index (χ1n) is 13.9. The van der Waals surface area contributed by atoms with Crippen LogP contribution in [0.15, 0.2) is 119 Å². The molecule has 0 unspecified atom stereocenters. The summed E-state index contributed by atoms with van der Waals surface area (Å²) in [7, 11) is -4.18. The smallest absolute Gasteiger partial charge is 0.264 e. The van der Waals surface area contributed by atoms with Crippen molar-refractivity contribution in [2.45, 2.75) is 37.2 Å². The normalized spacial score (nSPS) is 11.9. The number of nitrogens with zero attached hydrogens (tertiary/aromatic N) is 2. The van der Waals surface area contributed by atoms with Crippen LogP contribution in [0, 0.1) is 0 Å². The van der Waals surface area contributed by atoms with Gasteiger partial charge in [0.25, 0.3) is 10.0 Å². The van der Waals surface area contributed by atoms with Gasteiger partial charge in [-0.05, 0) is 66.1 Å². The number of rotatable bonds is 13. The van der Waals surface area contributed by atoms with E-state index < -0.39 is 28.5 Å². The molecule has 4 rings (SSSR count). The Morgan fingerprint density at radius 3 is 2.12 bits per heavy atom. The Labute approximate surface area is 266 Å². The van der Waals surface area contributed by atoms with Crippen LogP contribution >= 0.6 is 27.5 Å². The quantitative estimate of drug-likeness (QED) is 0.175. The van der Waals surface area contributed by atoms with Crippen molar-refractivity contribution in [3.63, 3.8) is 0 Å². The predicted octanol–water partition coefficient (Wildman–Crippen LogP) is 6.46. The molecule has 0 bridgehead atoms. The highest BCUT2D eigenvalue weighted by Crippen LogP contribution is 2.26. The second-order valence-corrected chi connectivity index (χ2v) is 13.2. The Morgan fingerprint density at radius 1 is 0.860 bits per heavy atom. The molecule has 0 heterocycles. The maximum Gasteiger partial charge on any atom is 0.264 e. The predicted molar refractivity (Wildman–Crippen MR) is 174 cm³/mol. The topological polar surface area (TPSA) is 86.8 Å². The zero-order valence-corrected chi connectivity index (χ0v) is 26.9. The molecule has 0 spiro atoms. The number of amides is 2. The number of sulfonamides is 1. The van der Waals surface area contributed by atoms with Crippen molar-refractivity contribution in [3.8, 4) is 0 Å². The number of anilines is 1. The summed E-state index contributed by atoms with van der Waals surface area (Å²) in [6, 6.07) is 30.3. The van der Waals surface area contributed by atoms with Crippen molar-refractivity contribution in [2.24, 2.45) is 0 Å². The fourth-order valence-electron chi connectivity index (χ4n) is 4.61. The molecule has 7 nitrogen and oxygen atoms in total. The lowest BCUT2D eigenvalue weighted by Gasteiger charge is -2.34. The van der Waals surface area contributed by atoms with Gasteiger partial charge >= 0.3 is 0 Å². The average Bonchev–Trinajstić information content (AvgIpc) is 3.01. The molecule has 1 atom stereocenters. The monoisotopic (exact) mass is 681 g/mol. The van der Waals surface area contributed by atoms with Gasteiger partial charge in [0.2, 0.25) is 11.8 Å². The Bertz CT molecular complexity index is 1620. The Hall–Kier alpha value is -3.66. The number of carbonyl (C=O) groups is 2. The van der Waals surface area contributed by atoms with Crippen LogP contribution in [-0.4, -0.2) is 44.3 Å². The standard InChI is InChI=1S/C33H33BrClN3O4S/c1-2-20-36-33(40)31(22-25-10-5-3-6-11-25)37(23-26-12-9-13-27(34)21-26)32(39)24-38(29-14-7-4-8-15-29)43(41,42)30-18-16-28(35)17-19-30/h3-19,21,31H,2,20,22-24H2,1H3,(H,36,40)/t31-/m1/s1. The van der Waals surface area contributed by atoms with Crippen LogP contribution in [0.1, 0.15) is 24.5 Å². The minimum Gasteiger partial charge on any atom is -0.354 e. The largest absolute Gasteiger partial charge is 0.354 e. The molecular weight excluding hydrogens is 650 g/mol.